The quantitative estimate of drug-likeness (QED) is 0.0736. The first-order chi connectivity index (χ1) is 23.2. The van der Waals surface area contributed by atoms with E-state index in [1.54, 1.807) is 0 Å². The molecule has 4 fully saturated rings. The summed E-state index contributed by atoms with van der Waals surface area (Å²) in [5.74, 6) is 6.77. The van der Waals surface area contributed by atoms with E-state index in [0.29, 0.717) is 35.7 Å². The maximum Gasteiger partial charge on any atom is 0.305 e. The molecule has 0 aromatic heterocycles. The van der Waals surface area contributed by atoms with Crippen molar-refractivity contribution in [3.05, 3.63) is 36.5 Å². The highest BCUT2D eigenvalue weighted by molar-refractivity contribution is 5.69. The van der Waals surface area contributed by atoms with E-state index in [4.69, 9.17) is 4.74 Å². The first kappa shape index (κ1) is 39.5. The Hall–Kier alpha value is -1.31. The number of hydrogen-bond acceptors (Lipinski definition) is 2. The summed E-state index contributed by atoms with van der Waals surface area (Å²) < 4.78 is 5.76. The van der Waals surface area contributed by atoms with E-state index >= 15 is 0 Å². The van der Waals surface area contributed by atoms with Gasteiger partial charge in [-0.2, -0.15) is 0 Å². The lowest BCUT2D eigenvalue weighted by Gasteiger charge is -2.61. The highest BCUT2D eigenvalue weighted by Crippen LogP contribution is 2.68. The third kappa shape index (κ3) is 10.6. The largest absolute Gasteiger partial charge is 0.465 e. The minimum atomic E-state index is -0.00581. The lowest BCUT2D eigenvalue weighted by molar-refractivity contribution is -0.145. The SMILES string of the molecule is CCCCC/C=C\C/C=C\C/C=C\CCCCC(=O)OCC(C)[C@@H](C)CC[C@@H](C)[C@H]1CC[C@H]2[C@@H]3CCC4CCCC[C@]4(C)[C@H]3CC[C@]12C. The summed E-state index contributed by atoms with van der Waals surface area (Å²) in [5, 5.41) is 0. The van der Waals surface area contributed by atoms with Crippen molar-refractivity contribution < 1.29 is 9.53 Å². The van der Waals surface area contributed by atoms with Crippen LogP contribution in [-0.2, 0) is 9.53 Å². The van der Waals surface area contributed by atoms with Gasteiger partial charge in [-0.15, -0.1) is 0 Å². The van der Waals surface area contributed by atoms with Gasteiger partial charge in [0.25, 0.3) is 0 Å². The smallest absolute Gasteiger partial charge is 0.305 e. The predicted octanol–water partition coefficient (Wildman–Crippen LogP) is 13.9. The number of esters is 1. The zero-order chi connectivity index (χ0) is 34.4. The summed E-state index contributed by atoms with van der Waals surface area (Å²) in [4.78, 5) is 12.5. The predicted molar refractivity (Wildman–Crippen MR) is 207 cm³/mol. The topological polar surface area (TPSA) is 26.3 Å². The second-order valence-electron chi connectivity index (χ2n) is 18.0. The molecule has 2 heteroatoms. The van der Waals surface area contributed by atoms with Crippen LogP contribution in [0.4, 0.5) is 0 Å². The van der Waals surface area contributed by atoms with Crippen molar-refractivity contribution in [2.24, 2.45) is 58.2 Å². The molecule has 0 aromatic rings. The van der Waals surface area contributed by atoms with Crippen molar-refractivity contribution in [3.63, 3.8) is 0 Å². The van der Waals surface area contributed by atoms with E-state index in [-0.39, 0.29) is 5.97 Å². The normalized spacial score (nSPS) is 33.8. The molecule has 0 bridgehead atoms. The summed E-state index contributed by atoms with van der Waals surface area (Å²) in [6, 6.07) is 0. The van der Waals surface area contributed by atoms with Gasteiger partial charge in [0.1, 0.15) is 0 Å². The van der Waals surface area contributed by atoms with Gasteiger partial charge in [-0.05, 0) is 154 Å². The molecule has 2 unspecified atom stereocenters. The third-order valence-corrected chi connectivity index (χ3v) is 14.9. The first-order valence-corrected chi connectivity index (χ1v) is 21.3. The van der Waals surface area contributed by atoms with Crippen molar-refractivity contribution in [2.45, 2.75) is 183 Å². The Morgan fingerprint density at radius 3 is 2.12 bits per heavy atom. The lowest BCUT2D eigenvalue weighted by Crippen LogP contribution is -2.53. The molecule has 0 N–H and O–H groups in total. The molecule has 0 heterocycles. The molecule has 0 amide bonds. The molecule has 274 valence electrons. The molecule has 0 saturated heterocycles. The fourth-order valence-electron chi connectivity index (χ4n) is 11.6. The highest BCUT2D eigenvalue weighted by Gasteiger charge is 2.60. The molecule has 4 saturated carbocycles. The van der Waals surface area contributed by atoms with Crippen molar-refractivity contribution in [2.75, 3.05) is 6.61 Å². The Kier molecular flexibility index (Phi) is 16.4. The second-order valence-corrected chi connectivity index (χ2v) is 18.0. The van der Waals surface area contributed by atoms with Gasteiger partial charge < -0.3 is 4.74 Å². The number of fused-ring (bicyclic) bond motifs is 5. The Balaban J connectivity index is 1.06. The van der Waals surface area contributed by atoms with E-state index in [1.807, 2.05) is 0 Å². The molecule has 0 spiro atoms. The van der Waals surface area contributed by atoms with Crippen LogP contribution in [0.5, 0.6) is 0 Å². The molecular formula is C46H78O2. The van der Waals surface area contributed by atoms with Crippen LogP contribution in [0.25, 0.3) is 0 Å². The van der Waals surface area contributed by atoms with Crippen molar-refractivity contribution >= 4 is 5.97 Å². The highest BCUT2D eigenvalue weighted by atomic mass is 16.5. The van der Waals surface area contributed by atoms with Crippen LogP contribution in [0.3, 0.4) is 0 Å². The molecule has 4 rings (SSSR count). The van der Waals surface area contributed by atoms with Crippen LogP contribution in [0, 0.1) is 58.2 Å². The molecule has 4 aliphatic carbocycles. The molecule has 10 atom stereocenters. The fourth-order valence-corrected chi connectivity index (χ4v) is 11.6. The maximum atomic E-state index is 12.5. The van der Waals surface area contributed by atoms with Crippen molar-refractivity contribution in [1.82, 2.24) is 0 Å². The molecule has 2 nitrogen and oxygen atoms in total. The Morgan fingerprint density at radius 1 is 0.708 bits per heavy atom. The number of unbranched alkanes of at least 4 members (excludes halogenated alkanes) is 5. The molecular weight excluding hydrogens is 585 g/mol. The fraction of sp³-hybridized carbons (Fsp3) is 0.848. The average molecular weight is 663 g/mol. The van der Waals surface area contributed by atoms with E-state index in [1.165, 1.54) is 103 Å². The van der Waals surface area contributed by atoms with E-state index in [2.05, 4.69) is 78.0 Å². The number of rotatable bonds is 20. The Morgan fingerprint density at radius 2 is 1.40 bits per heavy atom. The van der Waals surface area contributed by atoms with Crippen molar-refractivity contribution in [1.29, 1.82) is 0 Å². The summed E-state index contributed by atoms with van der Waals surface area (Å²) in [7, 11) is 0. The van der Waals surface area contributed by atoms with E-state index < -0.39 is 0 Å². The zero-order valence-corrected chi connectivity index (χ0v) is 32.7. The second kappa shape index (κ2) is 19.9. The summed E-state index contributed by atoms with van der Waals surface area (Å²) in [5.41, 5.74) is 1.22. The van der Waals surface area contributed by atoms with Crippen molar-refractivity contribution in [3.8, 4) is 0 Å². The monoisotopic (exact) mass is 663 g/mol. The van der Waals surface area contributed by atoms with Crippen LogP contribution < -0.4 is 0 Å². The minimum Gasteiger partial charge on any atom is -0.465 e. The van der Waals surface area contributed by atoms with Crippen LogP contribution in [0.2, 0.25) is 0 Å². The molecule has 0 aromatic carbocycles. The third-order valence-electron chi connectivity index (χ3n) is 14.9. The number of carbonyl (C=O) groups excluding carboxylic acids is 1. The van der Waals surface area contributed by atoms with Gasteiger partial charge in [-0.1, -0.05) is 117 Å². The number of allylic oxidation sites excluding steroid dienone is 6. The first-order valence-electron chi connectivity index (χ1n) is 21.3. The Labute approximate surface area is 298 Å². The lowest BCUT2D eigenvalue weighted by atomic mass is 9.44. The molecule has 0 aliphatic heterocycles. The van der Waals surface area contributed by atoms with Crippen LogP contribution in [-0.4, -0.2) is 12.6 Å². The number of carbonyl (C=O) groups is 1. The summed E-state index contributed by atoms with van der Waals surface area (Å²) >= 11 is 0. The zero-order valence-electron chi connectivity index (χ0n) is 32.7. The minimum absolute atomic E-state index is 0.00581. The number of hydrogen-bond donors (Lipinski definition) is 0. The van der Waals surface area contributed by atoms with Gasteiger partial charge in [-0.3, -0.25) is 4.79 Å². The van der Waals surface area contributed by atoms with Gasteiger partial charge >= 0.3 is 5.97 Å². The molecule has 0 radical (unpaired) electrons. The van der Waals surface area contributed by atoms with E-state index in [0.717, 1.165) is 67.6 Å². The Bertz CT molecular complexity index is 1020. The van der Waals surface area contributed by atoms with Crippen LogP contribution >= 0.6 is 0 Å². The summed E-state index contributed by atoms with van der Waals surface area (Å²) in [6.07, 6.45) is 42.1. The summed E-state index contributed by atoms with van der Waals surface area (Å²) in [6.45, 7) is 15.6. The van der Waals surface area contributed by atoms with Crippen LogP contribution in [0.15, 0.2) is 36.5 Å². The van der Waals surface area contributed by atoms with Gasteiger partial charge in [0.2, 0.25) is 0 Å². The standard InChI is InChI=1S/C46H78O2/c1-7-8-9-10-11-12-13-14-15-16-17-18-19-20-21-25-44(47)48-35-38(4)36(2)26-27-37(3)41-30-31-42-40-29-28-39-24-22-23-33-45(39,5)43(40)32-34-46(41,42)6/h11-12,14-15,17-18,36-43H,7-10,13,16,19-35H2,1-6H3/b12-11-,15-14-,18-17-/t36-,37+,38?,39?,40-,41+,42-,43-,45-,46+/m0/s1. The van der Waals surface area contributed by atoms with Gasteiger partial charge in [-0.25, -0.2) is 0 Å². The van der Waals surface area contributed by atoms with E-state index in [9.17, 15) is 4.79 Å². The van der Waals surface area contributed by atoms with Gasteiger partial charge in [0, 0.05) is 6.42 Å². The average Bonchev–Trinajstić information content (AvgIpc) is 3.44. The van der Waals surface area contributed by atoms with Gasteiger partial charge in [0.05, 0.1) is 6.61 Å². The maximum absolute atomic E-state index is 12.5. The van der Waals surface area contributed by atoms with Crippen LogP contribution in [0.1, 0.15) is 183 Å². The molecule has 4 aliphatic rings. The number of ether oxygens (including phenoxy) is 1. The van der Waals surface area contributed by atoms with Gasteiger partial charge in [0.15, 0.2) is 0 Å². The molecule has 48 heavy (non-hydrogen) atoms.